The van der Waals surface area contributed by atoms with Crippen molar-refractivity contribution in [1.29, 1.82) is 0 Å². The van der Waals surface area contributed by atoms with Crippen molar-refractivity contribution in [1.82, 2.24) is 14.9 Å². The van der Waals surface area contributed by atoms with E-state index in [4.69, 9.17) is 4.98 Å². The van der Waals surface area contributed by atoms with Crippen molar-refractivity contribution >= 4 is 34.9 Å². The minimum absolute atomic E-state index is 0.0441. The van der Waals surface area contributed by atoms with Crippen molar-refractivity contribution in [2.45, 2.75) is 64.7 Å². The molecule has 8 rings (SSSR count). The largest absolute Gasteiger partial charge is 0.416 e. The van der Waals surface area contributed by atoms with Crippen LogP contribution in [0, 0.1) is 37.5 Å². The number of alkyl halides is 3. The van der Waals surface area contributed by atoms with E-state index >= 15 is 0 Å². The first-order valence-electron chi connectivity index (χ1n) is 17.0. The molecule has 1 N–H and O–H groups in total. The normalized spacial score (nSPS) is 27.4. The molecule has 2 aromatic carbocycles. The molecule has 3 aromatic rings. The van der Waals surface area contributed by atoms with Crippen molar-refractivity contribution in [2.24, 2.45) is 23.7 Å². The van der Waals surface area contributed by atoms with Gasteiger partial charge in [-0.25, -0.2) is 9.78 Å². The van der Waals surface area contributed by atoms with E-state index in [1.165, 1.54) is 37.9 Å². The van der Waals surface area contributed by atoms with Gasteiger partial charge >= 0.3 is 12.2 Å². The van der Waals surface area contributed by atoms with Gasteiger partial charge in [-0.1, -0.05) is 6.07 Å². The Morgan fingerprint density at radius 3 is 2.34 bits per heavy atom. The molecular formula is C36H42F3N7O. The Kier molecular flexibility index (Phi) is 7.38. The van der Waals surface area contributed by atoms with Crippen LogP contribution in [0.5, 0.6) is 0 Å². The summed E-state index contributed by atoms with van der Waals surface area (Å²) in [6.07, 6.45) is 2.85. The predicted molar refractivity (Wildman–Crippen MR) is 177 cm³/mol. The summed E-state index contributed by atoms with van der Waals surface area (Å²) in [6, 6.07) is 10.5. The number of aryl methyl sites for hydroxylation is 1. The zero-order chi connectivity index (χ0) is 32.6. The number of rotatable bonds is 5. The number of piperazine rings is 1. The average molecular weight is 646 g/mol. The molecule has 3 bridgehead atoms. The SMILES string of the molecule is Cc1ccc(C(F)(F)F)c(C)c1N1Cc2cnc(Nc3ccc(N4CCN(C)CC4)cc3)nc2N(C2CC3CC4CC(C3)C2C4)C1=O. The summed E-state index contributed by atoms with van der Waals surface area (Å²) in [5.41, 5.74) is 3.08. The Bertz CT molecular complexity index is 1680. The number of amides is 2. The number of fused-ring (bicyclic) bond motifs is 3. The zero-order valence-corrected chi connectivity index (χ0v) is 27.2. The third-order valence-corrected chi connectivity index (χ3v) is 11.6. The van der Waals surface area contributed by atoms with E-state index in [1.54, 1.807) is 18.0 Å². The lowest BCUT2D eigenvalue weighted by molar-refractivity contribution is -0.138. The molecule has 3 saturated carbocycles. The van der Waals surface area contributed by atoms with Gasteiger partial charge in [0.1, 0.15) is 5.82 Å². The summed E-state index contributed by atoms with van der Waals surface area (Å²) >= 11 is 0. The number of aromatic nitrogens is 2. The lowest BCUT2D eigenvalue weighted by Gasteiger charge is -2.47. The lowest BCUT2D eigenvalue weighted by Crippen LogP contribution is -2.57. The van der Waals surface area contributed by atoms with Gasteiger partial charge in [0.2, 0.25) is 5.95 Å². The van der Waals surface area contributed by atoms with Crippen molar-refractivity contribution < 1.29 is 18.0 Å². The first-order chi connectivity index (χ1) is 22.5. The zero-order valence-electron chi connectivity index (χ0n) is 27.2. The fourth-order valence-corrected chi connectivity index (χ4v) is 9.43. The van der Waals surface area contributed by atoms with Gasteiger partial charge in [0.15, 0.2) is 0 Å². The number of likely N-dealkylation sites (N-methyl/N-ethyl adjacent to an activating group) is 1. The smallest absolute Gasteiger partial charge is 0.369 e. The highest BCUT2D eigenvalue weighted by atomic mass is 19.4. The molecule has 0 spiro atoms. The molecule has 1 saturated heterocycles. The number of benzene rings is 2. The van der Waals surface area contributed by atoms with Crippen LogP contribution in [0.2, 0.25) is 0 Å². The second kappa shape index (κ2) is 11.4. The monoisotopic (exact) mass is 645 g/mol. The van der Waals surface area contributed by atoms with Crippen molar-refractivity contribution in [2.75, 3.05) is 53.2 Å². The van der Waals surface area contributed by atoms with Crippen LogP contribution in [0.3, 0.4) is 0 Å². The molecular weight excluding hydrogens is 603 g/mol. The molecule has 5 unspecified atom stereocenters. The number of carbonyl (C=O) groups excluding carboxylic acids is 1. The molecule has 47 heavy (non-hydrogen) atoms. The maximum atomic E-state index is 14.7. The molecule has 1 aromatic heterocycles. The molecule has 5 aliphatic rings. The highest BCUT2D eigenvalue weighted by Gasteiger charge is 2.53. The minimum atomic E-state index is -4.52. The quantitative estimate of drug-likeness (QED) is 0.313. The van der Waals surface area contributed by atoms with Crippen LogP contribution < -0.4 is 20.0 Å². The first kappa shape index (κ1) is 30.5. The number of halogens is 3. The number of carbonyl (C=O) groups is 1. The van der Waals surface area contributed by atoms with Gasteiger partial charge in [0, 0.05) is 55.4 Å². The number of urea groups is 1. The van der Waals surface area contributed by atoms with Crippen LogP contribution in [-0.4, -0.2) is 60.2 Å². The van der Waals surface area contributed by atoms with Crippen LogP contribution in [0.25, 0.3) is 0 Å². The van der Waals surface area contributed by atoms with Crippen LogP contribution in [0.4, 0.5) is 46.8 Å². The van der Waals surface area contributed by atoms with Crippen LogP contribution in [0.1, 0.15) is 54.4 Å². The molecule has 4 fully saturated rings. The van der Waals surface area contributed by atoms with Gasteiger partial charge in [0.05, 0.1) is 17.8 Å². The minimum Gasteiger partial charge on any atom is -0.369 e. The Labute approximate surface area is 274 Å². The van der Waals surface area contributed by atoms with E-state index < -0.39 is 11.7 Å². The summed E-state index contributed by atoms with van der Waals surface area (Å²) in [6.45, 7) is 7.40. The first-order valence-corrected chi connectivity index (χ1v) is 17.0. The third kappa shape index (κ3) is 5.40. The summed E-state index contributed by atoms with van der Waals surface area (Å²) in [5.74, 6) is 3.19. The van der Waals surface area contributed by atoms with Crippen LogP contribution in [0.15, 0.2) is 42.6 Å². The van der Waals surface area contributed by atoms with Crippen molar-refractivity contribution in [3.63, 3.8) is 0 Å². The molecule has 5 atom stereocenters. The Morgan fingerprint density at radius 2 is 1.62 bits per heavy atom. The predicted octanol–water partition coefficient (Wildman–Crippen LogP) is 7.38. The topological polar surface area (TPSA) is 67.8 Å². The van der Waals surface area contributed by atoms with Gasteiger partial charge in [-0.15, -0.1) is 0 Å². The van der Waals surface area contributed by atoms with E-state index in [1.807, 2.05) is 17.0 Å². The molecule has 0 radical (unpaired) electrons. The fraction of sp³-hybridized carbons (Fsp3) is 0.528. The van der Waals surface area contributed by atoms with Gasteiger partial charge in [-0.3, -0.25) is 9.80 Å². The van der Waals surface area contributed by atoms with E-state index in [2.05, 4.69) is 39.3 Å². The fourth-order valence-electron chi connectivity index (χ4n) is 9.43. The molecule has 2 amide bonds. The molecule has 2 aliphatic heterocycles. The lowest BCUT2D eigenvalue weighted by atomic mass is 9.69. The van der Waals surface area contributed by atoms with Gasteiger partial charge < -0.3 is 15.1 Å². The Morgan fingerprint density at radius 1 is 0.894 bits per heavy atom. The summed E-state index contributed by atoms with van der Waals surface area (Å²) in [4.78, 5) is 32.5. The molecule has 11 heteroatoms. The van der Waals surface area contributed by atoms with Gasteiger partial charge in [-0.2, -0.15) is 18.2 Å². The number of hydrogen-bond donors (Lipinski definition) is 1. The second-order valence-electron chi connectivity index (χ2n) is 14.5. The number of hydrogen-bond acceptors (Lipinski definition) is 6. The third-order valence-electron chi connectivity index (χ3n) is 11.6. The number of nitrogens with one attached hydrogen (secondary N) is 1. The van der Waals surface area contributed by atoms with Crippen molar-refractivity contribution in [3.05, 3.63) is 64.8 Å². The highest BCUT2D eigenvalue weighted by Crippen LogP contribution is 2.57. The number of anilines is 5. The molecule has 8 nitrogen and oxygen atoms in total. The maximum absolute atomic E-state index is 14.7. The standard InChI is InChI=1S/C36H42F3N7O/c1-21-4-9-30(36(37,38)39)22(2)32(21)45-20-26-19-40-34(41-27-5-7-28(8-6-27)44-12-10-43(3)11-13-44)42-33(26)46(35(45)47)31-18-24-14-23-15-25(16-24)29(31)17-23/h4-9,19,23-25,29,31H,10-18,20H2,1-3H3,(H,40,41,42). The summed E-state index contributed by atoms with van der Waals surface area (Å²) < 4.78 is 42.1. The second-order valence-corrected chi connectivity index (χ2v) is 14.5. The average Bonchev–Trinajstić information content (AvgIpc) is 3.26. The van der Waals surface area contributed by atoms with Gasteiger partial charge in [-0.05, 0) is 118 Å². The maximum Gasteiger partial charge on any atom is 0.416 e. The summed E-state index contributed by atoms with van der Waals surface area (Å²) in [7, 11) is 2.14. The van der Waals surface area contributed by atoms with E-state index in [0.717, 1.165) is 56.3 Å². The molecule has 248 valence electrons. The molecule has 3 heterocycles. The molecule has 3 aliphatic carbocycles. The van der Waals surface area contributed by atoms with Gasteiger partial charge in [0.25, 0.3) is 0 Å². The highest BCUT2D eigenvalue weighted by molar-refractivity contribution is 6.07. The number of nitrogens with zero attached hydrogens (tertiary/aromatic N) is 6. The Balaban J connectivity index is 1.14. The van der Waals surface area contributed by atoms with E-state index in [0.29, 0.717) is 46.7 Å². The van der Waals surface area contributed by atoms with E-state index in [9.17, 15) is 18.0 Å². The van der Waals surface area contributed by atoms with Crippen molar-refractivity contribution in [3.8, 4) is 0 Å². The van der Waals surface area contributed by atoms with E-state index in [-0.39, 0.29) is 24.2 Å². The Hall–Kier alpha value is -3.86. The summed E-state index contributed by atoms with van der Waals surface area (Å²) in [5, 5.41) is 3.35. The van der Waals surface area contributed by atoms with Crippen LogP contribution >= 0.6 is 0 Å². The van der Waals surface area contributed by atoms with Crippen LogP contribution in [-0.2, 0) is 12.7 Å².